The van der Waals surface area contributed by atoms with E-state index in [2.05, 4.69) is 83.2 Å². The van der Waals surface area contributed by atoms with Gasteiger partial charge in [0.1, 0.15) is 5.78 Å². The third-order valence-corrected chi connectivity index (χ3v) is 15.7. The molecule has 0 aliphatic heterocycles. The zero-order chi connectivity index (χ0) is 92.3. The fourth-order valence-electron chi connectivity index (χ4n) is 9.10. The van der Waals surface area contributed by atoms with E-state index in [1.54, 1.807) is 43.5 Å². The second-order valence-corrected chi connectivity index (χ2v) is 28.0. The van der Waals surface area contributed by atoms with Crippen LogP contribution < -0.4 is 26.2 Å². The maximum absolute atomic E-state index is 11.5. The van der Waals surface area contributed by atoms with Crippen LogP contribution in [0.5, 0.6) is 0 Å². The Hall–Kier alpha value is -6.93. The van der Waals surface area contributed by atoms with Gasteiger partial charge in [-0.3, -0.25) is 52.7 Å². The number of ketones is 1. The molecule has 31 nitrogen and oxygen atoms in total. The maximum Gasteiger partial charge on any atom is 0.303 e. The molecular weight excluding hydrogens is 1780 g/mol. The summed E-state index contributed by atoms with van der Waals surface area (Å²) in [5.41, 5.74) is 0. The first-order valence-electron chi connectivity index (χ1n) is 43.4. The smallest absolute Gasteiger partial charge is 0.303 e. The maximum atomic E-state index is 11.5. The Morgan fingerprint density at radius 3 is 0.604 bits per heavy atom. The van der Waals surface area contributed by atoms with Gasteiger partial charge < -0.3 is 99.8 Å². The minimum atomic E-state index is -1.03. The molecule has 0 fully saturated rings. The Kier molecular flexibility index (Phi) is 322. The number of carboxylic acids is 3. The van der Waals surface area contributed by atoms with Crippen molar-refractivity contribution in [3.8, 4) is 0 Å². The summed E-state index contributed by atoms with van der Waals surface area (Å²) in [4.78, 5) is 150. The molecule has 874 valence electrons. The van der Waals surface area contributed by atoms with E-state index in [9.17, 15) is 72.5 Å². The average Bonchev–Trinajstić information content (AvgIpc) is 0.954. The molecule has 0 aromatic heterocycles. The van der Waals surface area contributed by atoms with Crippen LogP contribution in [0.15, 0.2) is 0 Å². The van der Waals surface area contributed by atoms with Gasteiger partial charge in [-0.15, -0.1) is 0 Å². The Balaban J connectivity index is -0.0000000286. The molecule has 0 saturated carbocycles. The predicted molar refractivity (Wildman–Crippen MR) is 610 cm³/mol. The van der Waals surface area contributed by atoms with Crippen molar-refractivity contribution >= 4 is 77.0 Å². The first-order chi connectivity index (χ1) is 55.4. The second-order valence-electron chi connectivity index (χ2n) is 28.0. The Morgan fingerprint density at radius 2 is 0.468 bits per heavy atom. The molecule has 0 rings (SSSR count). The summed E-state index contributed by atoms with van der Waals surface area (Å²) in [6.45, 7) is 34.7. The van der Waals surface area contributed by atoms with Gasteiger partial charge in [0.25, 0.3) is 0 Å². The highest BCUT2D eigenvalue weighted by Crippen LogP contribution is 2.08. The van der Waals surface area contributed by atoms with E-state index >= 15 is 0 Å². The quantitative estimate of drug-likeness (QED) is 0.0129. The molecule has 31 heteroatoms. The number of carbonyl (C=O) groups is 13. The van der Waals surface area contributed by atoms with E-state index in [1.807, 2.05) is 49.1 Å². The van der Waals surface area contributed by atoms with Gasteiger partial charge in [-0.2, -0.15) is 0 Å². The summed E-state index contributed by atoms with van der Waals surface area (Å²) in [6, 6.07) is 0. The van der Waals surface area contributed by atoms with Crippen LogP contribution in [0.25, 0.3) is 0 Å². The highest BCUT2D eigenvalue weighted by Gasteiger charge is 2.13. The number of carbonyl (C=O) groups excluding carboxylic acids is 12. The number of aliphatic hydroxyl groups excluding tert-OH is 3. The number of carboxylic acid groups (broad SMARTS) is 3. The van der Waals surface area contributed by atoms with Crippen molar-refractivity contribution in [1.29, 1.82) is 0 Å². The number of nitrogens with one attached hydrogen (secondary N) is 1. The number of amides is 6. The summed E-state index contributed by atoms with van der Waals surface area (Å²) in [6.07, 6.45) is 27.0. The number of hydrogen-bond donors (Lipinski definition) is 7. The van der Waals surface area contributed by atoms with Crippen molar-refractivity contribution in [1.82, 2.24) is 34.7 Å². The molecule has 6 amide bonds. The molecule has 0 unspecified atom stereocenters. The predicted octanol–water partition coefficient (Wildman–Crippen LogP) is 21.3. The number of rotatable bonds is 56. The van der Waals surface area contributed by atoms with E-state index in [1.165, 1.54) is 60.0 Å². The fraction of sp³-hybridized carbons (Fsp3) is 0.880. The van der Waals surface area contributed by atoms with Crippen LogP contribution in [0.1, 0.15) is 485 Å². The fourth-order valence-corrected chi connectivity index (χ4v) is 9.10. The Labute approximate surface area is 871 Å². The minimum absolute atomic E-state index is 0. The van der Waals surface area contributed by atoms with Crippen molar-refractivity contribution in [3.05, 3.63) is 0 Å². The van der Waals surface area contributed by atoms with E-state index in [4.69, 9.17) is 29.9 Å². The molecule has 0 aliphatic rings. The van der Waals surface area contributed by atoms with Crippen molar-refractivity contribution in [2.24, 2.45) is 0 Å². The van der Waals surface area contributed by atoms with Crippen LogP contribution in [0.4, 0.5) is 0 Å². The van der Waals surface area contributed by atoms with E-state index in [0.29, 0.717) is 77.7 Å². The van der Waals surface area contributed by atoms with E-state index in [0.717, 1.165) is 168 Å². The average molecular weight is 2040 g/mol. The summed E-state index contributed by atoms with van der Waals surface area (Å²) in [5.74, 6) is -3.13. The van der Waals surface area contributed by atoms with Crippen LogP contribution >= 0.6 is 0 Å². The van der Waals surface area contributed by atoms with Crippen molar-refractivity contribution in [2.45, 2.75) is 485 Å². The van der Waals surface area contributed by atoms with Gasteiger partial charge in [0.2, 0.25) is 35.4 Å². The van der Waals surface area contributed by atoms with E-state index in [-0.39, 0.29) is 274 Å². The molecule has 0 heterocycles. The summed E-state index contributed by atoms with van der Waals surface area (Å²) < 4.78 is 14.2. The largest absolute Gasteiger partial charge is 0.550 e. The number of hydrogen-bond acceptors (Lipinski definition) is 22. The lowest BCUT2D eigenvalue weighted by atomic mass is 10.2. The van der Waals surface area contributed by atoms with Crippen LogP contribution in [0, 0.1) is 0 Å². The summed E-state index contributed by atoms with van der Waals surface area (Å²) in [7, 11) is 16.9. The molecule has 0 aliphatic carbocycles. The molecule has 0 aromatic rings. The molecule has 0 atom stereocenters. The molecule has 0 radical (unpaired) electrons. The number of nitrogens with two attached hydrogens (primary N) is 2. The standard InChI is InChI=1S/2C12H23NO3.2C10H21NO2.C8H15NO3.C8H15NO2.C8H14O4.C6H12O3.3C4H11N.22CH4/c2*1-4-9-13(3)12(15)8-6-5-7-10-16-11(2)14;2*1-3-8-11(2)10(13)7-5-4-6-9-12;1-3-6-9(2)7(10)4-5-8(11)12;1-4-5-9(3)8(11)6-7(2)10;1-7(9)12-6-4-2-3-5-8(10)11;7-5-3-1-2-4-6(8)9;3*1-3-4-5-2;;;;;;;;;;;;;;;;;;;;;;/h2*4-10H2,1-3H3;2*12H,3-9H2,1-2H3;3-6H2,1-2H3,(H,11,12);4-6H2,1-3H3;2-6H2,1H3,(H,10,11);7H,1-5H2,(H,8,9);3*5H,3-4H2,1-2H3;22*1H4. The van der Waals surface area contributed by atoms with Crippen molar-refractivity contribution in [3.63, 3.8) is 0 Å². The van der Waals surface area contributed by atoms with Crippen LogP contribution in [0.3, 0.4) is 0 Å². The monoisotopic (exact) mass is 2040 g/mol. The highest BCUT2D eigenvalue weighted by atomic mass is 16.5. The lowest BCUT2D eigenvalue weighted by Crippen LogP contribution is -2.79. The van der Waals surface area contributed by atoms with Crippen molar-refractivity contribution < 1.29 is 118 Å². The highest BCUT2D eigenvalue weighted by molar-refractivity contribution is 5.96. The third-order valence-electron chi connectivity index (χ3n) is 15.7. The van der Waals surface area contributed by atoms with Gasteiger partial charge in [-0.25, -0.2) is 0 Å². The van der Waals surface area contributed by atoms with Crippen LogP contribution in [0.2, 0.25) is 0 Å². The number of aliphatic hydroxyl groups is 3. The normalized spacial score (nSPS) is 8.06. The van der Waals surface area contributed by atoms with Gasteiger partial charge in [0, 0.05) is 166 Å². The topological polar surface area (TPSA) is 441 Å². The Morgan fingerprint density at radius 1 is 0.273 bits per heavy atom. The van der Waals surface area contributed by atoms with E-state index < -0.39 is 17.9 Å². The number of aliphatic carboxylic acids is 3. The minimum Gasteiger partial charge on any atom is -0.550 e. The zero-order valence-corrected chi connectivity index (χ0v) is 78.0. The van der Waals surface area contributed by atoms with Crippen molar-refractivity contribution in [2.75, 3.05) is 162 Å². The number of ether oxygens (including phenoxy) is 3. The lowest BCUT2D eigenvalue weighted by Gasteiger charge is -2.15. The number of nitrogens with zero attached hydrogens (tertiary/aromatic N) is 6. The zero-order valence-electron chi connectivity index (χ0n) is 78.0. The molecule has 139 heavy (non-hydrogen) atoms. The molecule has 0 saturated heterocycles. The summed E-state index contributed by atoms with van der Waals surface area (Å²) >= 11 is 0. The molecule has 0 aromatic carbocycles. The number of esters is 3. The second kappa shape index (κ2) is 193. The molecule has 0 bridgehead atoms. The first-order valence-corrected chi connectivity index (χ1v) is 43.4. The number of quaternary nitrogens is 2. The first kappa shape index (κ1) is 231. The molecule has 0 spiro atoms. The van der Waals surface area contributed by atoms with Crippen LogP contribution in [-0.2, 0) is 76.5 Å². The third kappa shape index (κ3) is 242. The summed E-state index contributed by atoms with van der Waals surface area (Å²) in [5, 5.41) is 60.7. The lowest BCUT2D eigenvalue weighted by molar-refractivity contribution is -0.627. The van der Waals surface area contributed by atoms with Gasteiger partial charge >= 0.3 is 23.9 Å². The Bertz CT molecular complexity index is 2190. The van der Waals surface area contributed by atoms with Gasteiger partial charge in [0.15, 0.2) is 0 Å². The number of Topliss-reactive ketones (excluding diaryl/α,β-unsaturated/α-hetero) is 1. The van der Waals surface area contributed by atoms with Gasteiger partial charge in [-0.05, 0) is 187 Å². The van der Waals surface area contributed by atoms with Gasteiger partial charge in [0.05, 0.1) is 59.8 Å². The number of unbranched alkanes of at least 4 members (excludes halogenated alkanes) is 12. The molecule has 9 N–H and O–H groups in total. The van der Waals surface area contributed by atoms with Gasteiger partial charge in [-0.1, -0.05) is 245 Å². The SMILES string of the molecule is C.C.C.C.C.C.C.C.C.C.C.C.C.C.C.C.C.C.C.C.C.C.CC(=O)OCCCCCC(=O)[O-].CCCN(C)C(=O)CC(C)=O.CCCN(C)C(=O)CCC(=O)O.CCCN(C)C(=O)CCCCCO.CCCN(C)C(=O)CCCCCO.CCCN(C)C(=O)CCCCCOC(C)=O.CCCN(C)C(=O)CCCCCOC(C)=O.CCCNC.CCC[NH2+]C.CCC[NH2+]C.O=C([O-])CCCCCO. The van der Waals surface area contributed by atoms with Crippen LogP contribution in [-0.4, -0.2) is 289 Å². The molecular formula is C108H265N9O22.